The number of benzene rings is 3. The lowest BCUT2D eigenvalue weighted by molar-refractivity contribution is -0.140. The molecule has 3 aliphatic heterocycles. The molecule has 3 aromatic carbocycles. The van der Waals surface area contributed by atoms with Gasteiger partial charge in [-0.05, 0) is 36.4 Å². The highest BCUT2D eigenvalue weighted by Crippen LogP contribution is 2.36. The maximum Gasteiger partial charge on any atom is 0.306 e. The van der Waals surface area contributed by atoms with E-state index >= 15 is 0 Å². The van der Waals surface area contributed by atoms with Crippen LogP contribution < -0.4 is 14.7 Å². The number of hydrogen-bond acceptors (Lipinski definition) is 9. The van der Waals surface area contributed by atoms with Gasteiger partial charge in [0.1, 0.15) is 0 Å². The maximum absolute atomic E-state index is 13.9. The van der Waals surface area contributed by atoms with Crippen molar-refractivity contribution >= 4 is 69.9 Å². The number of nitrogens with zero attached hydrogens (tertiary/aromatic N) is 3. The predicted molar refractivity (Wildman–Crippen MR) is 133 cm³/mol. The molecule has 0 saturated carbocycles. The summed E-state index contributed by atoms with van der Waals surface area (Å²) in [6, 6.07) is 16.0. The average Bonchev–Trinajstić information content (AvgIpc) is 3.48. The summed E-state index contributed by atoms with van der Waals surface area (Å²) in [5, 5.41) is 0. The van der Waals surface area contributed by atoms with E-state index in [2.05, 4.69) is 0 Å². The third kappa shape index (κ3) is 3.16. The Hall–Kier alpha value is -5.91. The van der Waals surface area contributed by atoms with Gasteiger partial charge in [-0.15, -0.1) is 0 Å². The Kier molecular flexibility index (Phi) is 5.23. The largest absolute Gasteiger partial charge is 0.306 e. The zero-order valence-electron chi connectivity index (χ0n) is 20.0. The second kappa shape index (κ2) is 8.56. The van der Waals surface area contributed by atoms with Crippen molar-refractivity contribution < 1.29 is 43.2 Å². The van der Waals surface area contributed by atoms with E-state index in [-0.39, 0.29) is 33.8 Å². The topological polar surface area (TPSA) is 163 Å². The maximum atomic E-state index is 13.9. The molecule has 0 aliphatic carbocycles. The number of Topliss-reactive ketones (excluding diaryl/α,β-unsaturated/α-hetero) is 3. The number of imide groups is 3. The van der Waals surface area contributed by atoms with Crippen LogP contribution in [0.2, 0.25) is 0 Å². The summed E-state index contributed by atoms with van der Waals surface area (Å²) in [5.41, 5.74) is -1.18. The monoisotopic (exact) mass is 535 g/mol. The van der Waals surface area contributed by atoms with E-state index in [1.165, 1.54) is 72.8 Å². The zero-order valence-corrected chi connectivity index (χ0v) is 20.0. The normalized spacial score (nSPS) is 15.7. The fourth-order valence-electron chi connectivity index (χ4n) is 4.92. The number of anilines is 3. The summed E-state index contributed by atoms with van der Waals surface area (Å²) in [6.07, 6.45) is 0. The highest BCUT2D eigenvalue weighted by Gasteiger charge is 2.54. The lowest BCUT2D eigenvalue weighted by Crippen LogP contribution is -2.55. The van der Waals surface area contributed by atoms with Crippen LogP contribution in [0.5, 0.6) is 0 Å². The molecule has 0 spiro atoms. The minimum atomic E-state index is -2.62. The van der Waals surface area contributed by atoms with Crippen molar-refractivity contribution in [2.45, 2.75) is 0 Å². The Labute approximate surface area is 223 Å². The van der Waals surface area contributed by atoms with Crippen LogP contribution in [0.1, 0.15) is 31.1 Å². The lowest BCUT2D eigenvalue weighted by atomic mass is 10.0. The van der Waals surface area contributed by atoms with Crippen LogP contribution in [0.15, 0.2) is 72.8 Å². The van der Waals surface area contributed by atoms with E-state index in [9.17, 15) is 43.2 Å². The first kappa shape index (κ1) is 24.4. The summed E-state index contributed by atoms with van der Waals surface area (Å²) in [7, 11) is 0. The first-order valence-electron chi connectivity index (χ1n) is 11.7. The van der Waals surface area contributed by atoms with Gasteiger partial charge in [-0.25, -0.2) is 14.7 Å². The lowest BCUT2D eigenvalue weighted by Gasteiger charge is -2.26. The number of fused-ring (bicyclic) bond motifs is 3. The Balaban J connectivity index is 1.51. The average molecular weight is 535 g/mol. The van der Waals surface area contributed by atoms with Gasteiger partial charge >= 0.3 is 17.7 Å². The second-order valence-corrected chi connectivity index (χ2v) is 8.91. The van der Waals surface area contributed by atoms with Crippen molar-refractivity contribution in [1.29, 1.82) is 0 Å². The zero-order chi connectivity index (χ0) is 28.5. The van der Waals surface area contributed by atoms with Gasteiger partial charge in [-0.3, -0.25) is 43.2 Å². The van der Waals surface area contributed by atoms with Crippen molar-refractivity contribution in [2.24, 2.45) is 5.92 Å². The summed E-state index contributed by atoms with van der Waals surface area (Å²) < 4.78 is 0. The summed E-state index contributed by atoms with van der Waals surface area (Å²) in [6.45, 7) is 0. The van der Waals surface area contributed by atoms with Crippen LogP contribution in [0.25, 0.3) is 0 Å². The molecule has 3 aromatic rings. The molecule has 194 valence electrons. The van der Waals surface area contributed by atoms with E-state index < -0.39 is 58.7 Å². The van der Waals surface area contributed by atoms with Gasteiger partial charge in [0.05, 0.1) is 33.8 Å². The molecule has 0 fully saturated rings. The summed E-state index contributed by atoms with van der Waals surface area (Å²) >= 11 is 0. The van der Waals surface area contributed by atoms with E-state index in [0.717, 1.165) is 0 Å². The Morgan fingerprint density at radius 1 is 0.425 bits per heavy atom. The highest BCUT2D eigenvalue weighted by molar-refractivity contribution is 6.62. The Morgan fingerprint density at radius 2 is 0.675 bits per heavy atom. The molecule has 3 aliphatic rings. The van der Waals surface area contributed by atoms with E-state index in [1.807, 2.05) is 0 Å². The molecule has 0 saturated heterocycles. The smallest absolute Gasteiger partial charge is 0.283 e. The number of amides is 6. The molecule has 6 amide bonds. The van der Waals surface area contributed by atoms with Gasteiger partial charge in [-0.1, -0.05) is 36.4 Å². The van der Waals surface area contributed by atoms with Gasteiger partial charge in [0.25, 0.3) is 35.1 Å². The molecule has 0 atom stereocenters. The van der Waals surface area contributed by atoms with Crippen molar-refractivity contribution in [3.63, 3.8) is 0 Å². The van der Waals surface area contributed by atoms with Gasteiger partial charge in [0.2, 0.25) is 0 Å². The molecule has 12 nitrogen and oxygen atoms in total. The van der Waals surface area contributed by atoms with Crippen molar-refractivity contribution in [2.75, 3.05) is 14.7 Å². The van der Waals surface area contributed by atoms with Crippen LogP contribution >= 0.6 is 0 Å². The standard InChI is InChI=1S/C28H13N3O9/c32-20-13-7-1-4-10-16(13)29(26(20)38)23(35)19(24(36)30-17-11-5-2-8-14(17)21(33)27(30)39)25(37)31-18-12-6-3-9-15(18)22(34)28(31)40/h1-12,19H. The molecule has 0 unspecified atom stereocenters. The van der Waals surface area contributed by atoms with Crippen molar-refractivity contribution in [3.8, 4) is 0 Å². The number of ketones is 3. The second-order valence-electron chi connectivity index (χ2n) is 8.91. The van der Waals surface area contributed by atoms with Crippen LogP contribution in [-0.2, 0) is 28.8 Å². The third-order valence-electron chi connectivity index (χ3n) is 6.76. The molecule has 0 radical (unpaired) electrons. The van der Waals surface area contributed by atoms with Crippen LogP contribution in [0.4, 0.5) is 17.1 Å². The van der Waals surface area contributed by atoms with Crippen molar-refractivity contribution in [3.05, 3.63) is 89.5 Å². The molecule has 40 heavy (non-hydrogen) atoms. The number of rotatable bonds is 3. The number of para-hydroxylation sites is 3. The van der Waals surface area contributed by atoms with Crippen LogP contribution in [0, 0.1) is 5.92 Å². The Morgan fingerprint density at radius 3 is 0.950 bits per heavy atom. The number of carbonyl (C=O) groups excluding carboxylic acids is 9. The third-order valence-corrected chi connectivity index (χ3v) is 6.76. The Bertz CT molecular complexity index is 1600. The van der Waals surface area contributed by atoms with E-state index in [1.54, 1.807) is 0 Å². The first-order valence-corrected chi connectivity index (χ1v) is 11.7. The molecular weight excluding hydrogens is 522 g/mol. The summed E-state index contributed by atoms with van der Waals surface area (Å²) in [4.78, 5) is 119. The predicted octanol–water partition coefficient (Wildman–Crippen LogP) is 0.871. The fourth-order valence-corrected chi connectivity index (χ4v) is 4.92. The van der Waals surface area contributed by atoms with E-state index in [4.69, 9.17) is 0 Å². The molecule has 0 bridgehead atoms. The van der Waals surface area contributed by atoms with Crippen LogP contribution in [0.3, 0.4) is 0 Å². The van der Waals surface area contributed by atoms with Gasteiger partial charge in [0.15, 0.2) is 5.92 Å². The fraction of sp³-hybridized carbons (Fsp3) is 0.0357. The number of carbonyl (C=O) groups is 9. The minimum Gasteiger partial charge on any atom is -0.283 e. The molecule has 0 aromatic heterocycles. The van der Waals surface area contributed by atoms with Gasteiger partial charge in [0, 0.05) is 0 Å². The quantitative estimate of drug-likeness (QED) is 0.350. The molecule has 12 heteroatoms. The minimum absolute atomic E-state index is 0.171. The van der Waals surface area contributed by atoms with Crippen molar-refractivity contribution in [1.82, 2.24) is 0 Å². The van der Waals surface area contributed by atoms with Crippen LogP contribution in [-0.4, -0.2) is 52.8 Å². The van der Waals surface area contributed by atoms with E-state index in [0.29, 0.717) is 14.7 Å². The molecule has 6 rings (SSSR count). The summed E-state index contributed by atoms with van der Waals surface area (Å²) in [5.74, 6) is -14.6. The first-order chi connectivity index (χ1) is 19.1. The molecule has 0 N–H and O–H groups in total. The molecular formula is C28H13N3O9. The molecule has 3 heterocycles. The highest BCUT2D eigenvalue weighted by atomic mass is 16.2. The SMILES string of the molecule is O=C1C(=O)N(C(=O)C(C(=O)N2C(=O)C(=O)c3ccccc32)C(=O)N2C(=O)C(=O)c3ccccc32)c2ccccc21. The van der Waals surface area contributed by atoms with Gasteiger partial charge < -0.3 is 0 Å². The number of hydrogen-bond donors (Lipinski definition) is 0. The van der Waals surface area contributed by atoms with Gasteiger partial charge in [-0.2, -0.15) is 0 Å².